The molecule has 0 bridgehead atoms. The van der Waals surface area contributed by atoms with Gasteiger partial charge < -0.3 is 10.1 Å². The van der Waals surface area contributed by atoms with E-state index in [4.69, 9.17) is 4.74 Å². The third-order valence-electron chi connectivity index (χ3n) is 2.45. The largest absolute Gasteiger partial charge is 0.385 e. The maximum absolute atomic E-state index is 11.5. The van der Waals surface area contributed by atoms with Gasteiger partial charge in [-0.05, 0) is 32.2 Å². The molecule has 5 heteroatoms. The average Bonchev–Trinajstić information content (AvgIpc) is 2.96. The summed E-state index contributed by atoms with van der Waals surface area (Å²) in [6.45, 7) is 1.35. The zero-order valence-corrected chi connectivity index (χ0v) is 10.2. The second-order valence-electron chi connectivity index (χ2n) is 4.08. The lowest BCUT2D eigenvalue weighted by atomic mass is 10.5. The van der Waals surface area contributed by atoms with Crippen molar-refractivity contribution in [2.24, 2.45) is 0 Å². The maximum Gasteiger partial charge on any atom is 0.150 e. The van der Waals surface area contributed by atoms with E-state index < -0.39 is 9.84 Å². The fourth-order valence-corrected chi connectivity index (χ4v) is 2.76. The smallest absolute Gasteiger partial charge is 0.150 e. The Kier molecular flexibility index (Phi) is 5.56. The van der Waals surface area contributed by atoms with E-state index in [1.807, 2.05) is 0 Å². The second kappa shape index (κ2) is 6.45. The van der Waals surface area contributed by atoms with Crippen LogP contribution in [0, 0.1) is 0 Å². The fraction of sp³-hybridized carbons (Fsp3) is 1.00. The number of ether oxygens (including phenoxy) is 1. The predicted molar refractivity (Wildman–Crippen MR) is 60.8 cm³/mol. The highest BCUT2D eigenvalue weighted by molar-refractivity contribution is 7.91. The van der Waals surface area contributed by atoms with Crippen LogP contribution in [0.1, 0.15) is 25.7 Å². The predicted octanol–water partition coefficient (Wildman–Crippen LogP) is 0.580. The van der Waals surface area contributed by atoms with E-state index in [-0.39, 0.29) is 5.75 Å². The Hall–Kier alpha value is -0.130. The van der Waals surface area contributed by atoms with Crippen LogP contribution in [0.2, 0.25) is 0 Å². The van der Waals surface area contributed by atoms with Gasteiger partial charge >= 0.3 is 0 Å². The number of sulfone groups is 1. The standard InChI is InChI=1S/C10H21NO3S/c1-14-7-3-9-15(12,13)8-2-6-11-10-4-5-10/h10-11H,2-9H2,1H3. The number of rotatable bonds is 9. The molecule has 1 fully saturated rings. The minimum atomic E-state index is -2.85. The summed E-state index contributed by atoms with van der Waals surface area (Å²) in [6.07, 6.45) is 3.84. The minimum Gasteiger partial charge on any atom is -0.385 e. The van der Waals surface area contributed by atoms with Crippen LogP contribution in [0.3, 0.4) is 0 Å². The molecule has 1 saturated carbocycles. The molecule has 0 aromatic carbocycles. The summed E-state index contributed by atoms with van der Waals surface area (Å²) in [7, 11) is -1.26. The zero-order chi connectivity index (χ0) is 11.1. The van der Waals surface area contributed by atoms with Gasteiger partial charge in [-0.15, -0.1) is 0 Å². The molecule has 1 aliphatic rings. The van der Waals surface area contributed by atoms with Crippen molar-refractivity contribution in [3.05, 3.63) is 0 Å². The van der Waals surface area contributed by atoms with E-state index in [0.717, 1.165) is 13.0 Å². The Morgan fingerprint density at radius 3 is 2.53 bits per heavy atom. The van der Waals surface area contributed by atoms with Crippen molar-refractivity contribution in [2.75, 3.05) is 31.8 Å². The first-order valence-electron chi connectivity index (χ1n) is 5.57. The quantitative estimate of drug-likeness (QED) is 0.594. The van der Waals surface area contributed by atoms with Gasteiger partial charge in [-0.3, -0.25) is 0 Å². The highest BCUT2D eigenvalue weighted by atomic mass is 32.2. The molecule has 1 rings (SSSR count). The molecule has 1 N–H and O–H groups in total. The van der Waals surface area contributed by atoms with Crippen LogP contribution >= 0.6 is 0 Å². The molecule has 0 heterocycles. The molecule has 0 saturated heterocycles. The van der Waals surface area contributed by atoms with Crippen molar-refractivity contribution in [1.29, 1.82) is 0 Å². The average molecular weight is 235 g/mol. The van der Waals surface area contributed by atoms with Crippen molar-refractivity contribution < 1.29 is 13.2 Å². The first kappa shape index (κ1) is 12.9. The van der Waals surface area contributed by atoms with Crippen molar-refractivity contribution in [3.63, 3.8) is 0 Å². The Morgan fingerprint density at radius 2 is 1.93 bits per heavy atom. The normalized spacial score (nSPS) is 16.9. The van der Waals surface area contributed by atoms with Gasteiger partial charge in [0.15, 0.2) is 0 Å². The van der Waals surface area contributed by atoms with E-state index in [9.17, 15) is 8.42 Å². The second-order valence-corrected chi connectivity index (χ2v) is 6.38. The molecule has 0 unspecified atom stereocenters. The highest BCUT2D eigenvalue weighted by Gasteiger charge is 2.20. The number of methoxy groups -OCH3 is 1. The molecular weight excluding hydrogens is 214 g/mol. The van der Waals surface area contributed by atoms with Gasteiger partial charge in [-0.2, -0.15) is 0 Å². The molecule has 1 aliphatic carbocycles. The SMILES string of the molecule is COCCCS(=O)(=O)CCCNC1CC1. The van der Waals surface area contributed by atoms with Crippen LogP contribution in [-0.4, -0.2) is 46.2 Å². The van der Waals surface area contributed by atoms with Crippen molar-refractivity contribution in [2.45, 2.75) is 31.7 Å². The lowest BCUT2D eigenvalue weighted by Crippen LogP contribution is -2.21. The maximum atomic E-state index is 11.5. The van der Waals surface area contributed by atoms with Gasteiger partial charge in [-0.1, -0.05) is 0 Å². The molecule has 90 valence electrons. The molecular formula is C10H21NO3S. The number of nitrogens with one attached hydrogen (secondary N) is 1. The van der Waals surface area contributed by atoms with E-state index in [1.54, 1.807) is 7.11 Å². The first-order valence-corrected chi connectivity index (χ1v) is 7.39. The van der Waals surface area contributed by atoms with E-state index in [1.165, 1.54) is 12.8 Å². The topological polar surface area (TPSA) is 55.4 Å². The summed E-state index contributed by atoms with van der Waals surface area (Å²) in [5.74, 6) is 0.556. The molecule has 0 aromatic rings. The van der Waals surface area contributed by atoms with Crippen LogP contribution in [-0.2, 0) is 14.6 Å². The van der Waals surface area contributed by atoms with Gasteiger partial charge in [0.25, 0.3) is 0 Å². The first-order chi connectivity index (χ1) is 7.14. The summed E-state index contributed by atoms with van der Waals surface area (Å²) in [5, 5.41) is 3.31. The summed E-state index contributed by atoms with van der Waals surface area (Å²) in [4.78, 5) is 0. The van der Waals surface area contributed by atoms with Gasteiger partial charge in [0.05, 0.1) is 11.5 Å². The van der Waals surface area contributed by atoms with Crippen molar-refractivity contribution in [1.82, 2.24) is 5.32 Å². The molecule has 0 aliphatic heterocycles. The third-order valence-corrected chi connectivity index (χ3v) is 4.27. The lowest BCUT2D eigenvalue weighted by molar-refractivity contribution is 0.199. The Morgan fingerprint density at radius 1 is 1.27 bits per heavy atom. The van der Waals surface area contributed by atoms with Gasteiger partial charge in [0.1, 0.15) is 9.84 Å². The van der Waals surface area contributed by atoms with E-state index >= 15 is 0 Å². The van der Waals surface area contributed by atoms with E-state index in [2.05, 4.69) is 5.32 Å². The molecule has 0 atom stereocenters. The molecule has 15 heavy (non-hydrogen) atoms. The van der Waals surface area contributed by atoms with Gasteiger partial charge in [0.2, 0.25) is 0 Å². The van der Waals surface area contributed by atoms with Crippen molar-refractivity contribution >= 4 is 9.84 Å². The molecule has 0 radical (unpaired) electrons. The van der Waals surface area contributed by atoms with Crippen LogP contribution < -0.4 is 5.32 Å². The number of hydrogen-bond donors (Lipinski definition) is 1. The van der Waals surface area contributed by atoms with Crippen molar-refractivity contribution in [3.8, 4) is 0 Å². The third kappa shape index (κ3) is 6.87. The Balaban J connectivity index is 2.00. The van der Waals surface area contributed by atoms with Gasteiger partial charge in [0, 0.05) is 19.8 Å². The molecule has 0 spiro atoms. The Bertz CT molecular complexity index is 260. The summed E-state index contributed by atoms with van der Waals surface area (Å²) in [6, 6.07) is 0.668. The van der Waals surface area contributed by atoms with Crippen LogP contribution in [0.15, 0.2) is 0 Å². The summed E-state index contributed by atoms with van der Waals surface area (Å²) >= 11 is 0. The summed E-state index contributed by atoms with van der Waals surface area (Å²) < 4.78 is 27.8. The fourth-order valence-electron chi connectivity index (χ4n) is 1.41. The lowest BCUT2D eigenvalue weighted by Gasteiger charge is -2.04. The van der Waals surface area contributed by atoms with Gasteiger partial charge in [-0.25, -0.2) is 8.42 Å². The minimum absolute atomic E-state index is 0.254. The monoisotopic (exact) mass is 235 g/mol. The van der Waals surface area contributed by atoms with Crippen LogP contribution in [0.25, 0.3) is 0 Å². The molecule has 4 nitrogen and oxygen atoms in total. The summed E-state index contributed by atoms with van der Waals surface area (Å²) in [5.41, 5.74) is 0. The number of hydrogen-bond acceptors (Lipinski definition) is 4. The zero-order valence-electron chi connectivity index (χ0n) is 9.37. The van der Waals surface area contributed by atoms with Crippen LogP contribution in [0.5, 0.6) is 0 Å². The van der Waals surface area contributed by atoms with E-state index in [0.29, 0.717) is 24.8 Å². The van der Waals surface area contributed by atoms with Crippen LogP contribution in [0.4, 0.5) is 0 Å². The Labute approximate surface area is 92.3 Å². The highest BCUT2D eigenvalue weighted by Crippen LogP contribution is 2.18. The molecule has 0 amide bonds. The molecule has 0 aromatic heterocycles.